The van der Waals surface area contributed by atoms with Crippen LogP contribution < -0.4 is 0 Å². The van der Waals surface area contributed by atoms with Crippen molar-refractivity contribution < 1.29 is 82.0 Å². The predicted molar refractivity (Wildman–Crippen MR) is 261 cm³/mol. The Morgan fingerprint density at radius 2 is 1.06 bits per heavy atom. The summed E-state index contributed by atoms with van der Waals surface area (Å²) in [5.41, 5.74) is 0. The van der Waals surface area contributed by atoms with Gasteiger partial charge in [-0.15, -0.1) is 0 Å². The van der Waals surface area contributed by atoms with Gasteiger partial charge in [0.1, 0.15) is 43.2 Å². The average Bonchev–Trinajstić information content (AvgIpc) is 3.29. The number of esters is 2. The summed E-state index contributed by atoms with van der Waals surface area (Å²) in [6.45, 7) is 2.76. The Labute approximate surface area is 404 Å². The molecule has 1 aliphatic rings. The molecule has 1 rings (SSSR count). The van der Waals surface area contributed by atoms with Crippen LogP contribution in [0.3, 0.4) is 0 Å². The summed E-state index contributed by atoms with van der Waals surface area (Å²) < 4.78 is 49.2. The van der Waals surface area contributed by atoms with E-state index in [1.54, 1.807) is 24.3 Å². The summed E-state index contributed by atoms with van der Waals surface area (Å²) in [6, 6.07) is 0. The van der Waals surface area contributed by atoms with E-state index in [0.717, 1.165) is 64.2 Å². The molecule has 1 fully saturated rings. The molecule has 0 heterocycles. The van der Waals surface area contributed by atoms with E-state index in [9.17, 15) is 58.9 Å². The first-order valence-corrected chi connectivity index (χ1v) is 27.3. The Morgan fingerprint density at radius 3 is 1.65 bits per heavy atom. The second-order valence-electron chi connectivity index (χ2n) is 16.6. The molecule has 1 saturated carbocycles. The lowest BCUT2D eigenvalue weighted by molar-refractivity contribution is -0.216. The summed E-state index contributed by atoms with van der Waals surface area (Å²) >= 11 is 0. The topological polar surface area (TPSA) is 276 Å². The van der Waals surface area contributed by atoms with Gasteiger partial charge in [0, 0.05) is 12.8 Å². The summed E-state index contributed by atoms with van der Waals surface area (Å²) in [4.78, 5) is 54.3. The largest absolute Gasteiger partial charge is 0.472 e. The number of aliphatic hydroxyl groups is 5. The van der Waals surface area contributed by atoms with Crippen molar-refractivity contribution in [3.8, 4) is 0 Å². The van der Waals surface area contributed by atoms with Gasteiger partial charge in [0.15, 0.2) is 6.10 Å². The van der Waals surface area contributed by atoms with E-state index in [2.05, 4.69) is 67.0 Å². The molecule has 9 atom stereocenters. The minimum Gasteiger partial charge on any atom is -0.462 e. The molecule has 0 aromatic heterocycles. The zero-order valence-corrected chi connectivity index (χ0v) is 41.9. The molecule has 19 heteroatoms. The third-order valence-corrected chi connectivity index (χ3v) is 12.1. The Hall–Kier alpha value is -2.86. The van der Waals surface area contributed by atoms with Crippen LogP contribution in [0.5, 0.6) is 0 Å². The lowest BCUT2D eigenvalue weighted by atomic mass is 9.85. The maximum atomic E-state index is 13.0. The molecule has 0 aliphatic heterocycles. The fraction of sp³-hybridized carbons (Fsp3) is 0.673. The normalized spacial score (nSPS) is 22.4. The molecule has 68 heavy (non-hydrogen) atoms. The van der Waals surface area contributed by atoms with Crippen LogP contribution in [-0.4, -0.2) is 114 Å². The van der Waals surface area contributed by atoms with Crippen LogP contribution >= 0.6 is 15.6 Å². The van der Waals surface area contributed by atoms with Crippen LogP contribution in [0.1, 0.15) is 149 Å². The second kappa shape index (κ2) is 38.8. The van der Waals surface area contributed by atoms with E-state index in [4.69, 9.17) is 18.5 Å². The van der Waals surface area contributed by atoms with Crippen LogP contribution in [0, 0.1) is 0 Å². The smallest absolute Gasteiger partial charge is 0.462 e. The fourth-order valence-electron chi connectivity index (χ4n) is 6.84. The van der Waals surface area contributed by atoms with Crippen molar-refractivity contribution in [2.45, 2.75) is 198 Å². The monoisotopic (exact) mass is 1000 g/mol. The minimum atomic E-state index is -5.39. The van der Waals surface area contributed by atoms with Crippen molar-refractivity contribution in [1.82, 2.24) is 0 Å². The van der Waals surface area contributed by atoms with Crippen LogP contribution in [0.2, 0.25) is 0 Å². The number of aliphatic hydroxyl groups excluding tert-OH is 5. The van der Waals surface area contributed by atoms with Crippen molar-refractivity contribution in [3.63, 3.8) is 0 Å². The van der Waals surface area contributed by atoms with Crippen LogP contribution in [0.15, 0.2) is 85.1 Å². The second-order valence-corrected chi connectivity index (χ2v) is 19.2. The van der Waals surface area contributed by atoms with E-state index in [1.165, 1.54) is 38.5 Å². The first kappa shape index (κ1) is 63.2. The number of hydrogen-bond acceptors (Lipinski definition) is 14. The highest BCUT2D eigenvalue weighted by Crippen LogP contribution is 2.49. The van der Waals surface area contributed by atoms with Crippen LogP contribution in [0.25, 0.3) is 0 Å². The number of phosphoric ester groups is 2. The van der Waals surface area contributed by atoms with Gasteiger partial charge < -0.3 is 49.7 Å². The SMILES string of the molecule is CC/C=C\C/C=C\C/C=C\C/C=C\C=C/C(O)C/C=C\CCC(=O)O[C@H](COC(=O)CCCCCCCCCCCCC/C=C\CC)COP(=O)(O)O[C@H]1C(O)C(O)C(O)[C@@H](OP(=O)(O)O)C1O. The molecule has 8 N–H and O–H groups in total. The molecule has 0 aromatic rings. The Balaban J connectivity index is 2.68. The fourth-order valence-corrected chi connectivity index (χ4v) is 8.38. The number of allylic oxidation sites excluding steroid dienone is 12. The first-order chi connectivity index (χ1) is 32.5. The Bertz CT molecular complexity index is 1650. The maximum absolute atomic E-state index is 13.0. The summed E-state index contributed by atoms with van der Waals surface area (Å²) in [5, 5.41) is 51.5. The van der Waals surface area contributed by atoms with E-state index < -0.39 is 89.6 Å². The maximum Gasteiger partial charge on any atom is 0.472 e. The highest BCUT2D eigenvalue weighted by Gasteiger charge is 2.54. The number of rotatable bonds is 39. The Morgan fingerprint density at radius 1 is 0.544 bits per heavy atom. The van der Waals surface area contributed by atoms with Gasteiger partial charge in [0.2, 0.25) is 0 Å². The van der Waals surface area contributed by atoms with Crippen molar-refractivity contribution in [1.29, 1.82) is 0 Å². The predicted octanol–water partition coefficient (Wildman–Crippen LogP) is 8.36. The zero-order valence-electron chi connectivity index (χ0n) is 40.1. The zero-order chi connectivity index (χ0) is 50.5. The first-order valence-electron chi connectivity index (χ1n) is 24.2. The van der Waals surface area contributed by atoms with E-state index in [0.29, 0.717) is 6.42 Å². The van der Waals surface area contributed by atoms with Gasteiger partial charge in [-0.05, 0) is 64.2 Å². The van der Waals surface area contributed by atoms with E-state index in [1.807, 2.05) is 12.2 Å². The average molecular weight is 1010 g/mol. The Kier molecular flexibility index (Phi) is 36.1. The number of ether oxygens (including phenoxy) is 2. The van der Waals surface area contributed by atoms with Gasteiger partial charge in [-0.25, -0.2) is 9.13 Å². The third kappa shape index (κ3) is 32.9. The summed E-state index contributed by atoms with van der Waals surface area (Å²) in [5.74, 6) is -1.39. The van der Waals surface area contributed by atoms with Crippen molar-refractivity contribution >= 4 is 27.6 Å². The van der Waals surface area contributed by atoms with Crippen molar-refractivity contribution in [2.24, 2.45) is 0 Å². The van der Waals surface area contributed by atoms with Gasteiger partial charge in [0.25, 0.3) is 0 Å². The molecular weight excluding hydrogens is 922 g/mol. The number of carbonyl (C=O) groups is 2. The molecule has 0 saturated heterocycles. The minimum absolute atomic E-state index is 0.0787. The number of phosphoric acid groups is 2. The molecule has 17 nitrogen and oxygen atoms in total. The van der Waals surface area contributed by atoms with Crippen molar-refractivity contribution in [3.05, 3.63) is 85.1 Å². The highest BCUT2D eigenvalue weighted by atomic mass is 31.2. The van der Waals surface area contributed by atoms with E-state index in [-0.39, 0.29) is 25.7 Å². The third-order valence-electron chi connectivity index (χ3n) is 10.6. The molecule has 0 radical (unpaired) electrons. The molecule has 0 amide bonds. The number of hydrogen-bond donors (Lipinski definition) is 8. The van der Waals surface area contributed by atoms with Gasteiger partial charge >= 0.3 is 27.6 Å². The van der Waals surface area contributed by atoms with Gasteiger partial charge in [0.05, 0.1) is 12.7 Å². The van der Waals surface area contributed by atoms with Crippen LogP contribution in [-0.2, 0) is 41.8 Å². The van der Waals surface area contributed by atoms with Crippen molar-refractivity contribution in [2.75, 3.05) is 13.2 Å². The molecule has 0 aromatic carbocycles. The summed E-state index contributed by atoms with van der Waals surface area (Å²) in [7, 11) is -10.8. The molecule has 390 valence electrons. The van der Waals surface area contributed by atoms with E-state index >= 15 is 0 Å². The van der Waals surface area contributed by atoms with Gasteiger partial charge in [-0.1, -0.05) is 157 Å². The van der Waals surface area contributed by atoms with Gasteiger partial charge in [-0.2, -0.15) is 0 Å². The molecular formula is C49H82O17P2. The number of unbranched alkanes of at least 4 members (excludes halogenated alkanes) is 11. The highest BCUT2D eigenvalue weighted by molar-refractivity contribution is 7.47. The standard InChI is InChI=1S/C49H82O17P2/c1-3-5-7-9-11-13-15-17-18-20-22-24-26-28-32-36-42(51)62-38-41(39-63-68(60,61)66-49-46(55)44(53)45(54)48(47(49)56)65-67(57,58)59)64-43(52)37-33-29-31-35-40(50)34-30-27-25-23-21-19-16-14-12-10-8-6-4-2/h5-8,12,14,19,21,25,27,29-31,34,40-41,44-50,53-56H,3-4,9-11,13,15-18,20,22-24,26,28,32-33,35-39H2,1-2H3,(H,60,61)(H2,57,58,59)/b7-5-,8-6-,14-12-,21-19-,27-25-,31-29-,34-30-/t40?,41-,44?,45?,46?,47?,48-,49+/m1/s1. The molecule has 1 aliphatic carbocycles. The molecule has 0 spiro atoms. The molecule has 6 unspecified atom stereocenters. The lowest BCUT2D eigenvalue weighted by Gasteiger charge is -2.43. The number of carbonyl (C=O) groups excluding carboxylic acids is 2. The van der Waals surface area contributed by atoms with Crippen LogP contribution in [0.4, 0.5) is 0 Å². The summed E-state index contributed by atoms with van der Waals surface area (Å²) in [6.07, 6.45) is 29.9. The molecule has 0 bridgehead atoms. The van der Waals surface area contributed by atoms with Gasteiger partial charge in [-0.3, -0.25) is 23.2 Å². The lowest BCUT2D eigenvalue weighted by Crippen LogP contribution is -2.64. The quantitative estimate of drug-likeness (QED) is 0.00944.